The third-order valence-corrected chi connectivity index (χ3v) is 8.73. The van der Waals surface area contributed by atoms with Crippen molar-refractivity contribution in [3.05, 3.63) is 54.1 Å². The van der Waals surface area contributed by atoms with Crippen molar-refractivity contribution in [2.24, 2.45) is 0 Å². The number of imide groups is 1. The van der Waals surface area contributed by atoms with E-state index >= 15 is 0 Å². The number of amides is 4. The first-order valence-electron chi connectivity index (χ1n) is 11.4. The normalized spacial score (nSPS) is 19.7. The minimum absolute atomic E-state index is 0.00259. The Morgan fingerprint density at radius 1 is 0.971 bits per heavy atom. The van der Waals surface area contributed by atoms with Crippen LogP contribution in [0.15, 0.2) is 53.4 Å². The van der Waals surface area contributed by atoms with Gasteiger partial charge >= 0.3 is 6.03 Å². The zero-order chi connectivity index (χ0) is 24.0. The Kier molecular flexibility index (Phi) is 5.65. The molecule has 34 heavy (non-hydrogen) atoms. The molecule has 2 fully saturated rings. The molecule has 178 valence electrons. The Bertz CT molecular complexity index is 1260. The van der Waals surface area contributed by atoms with Crippen LogP contribution in [0.5, 0.6) is 0 Å². The van der Waals surface area contributed by atoms with Crippen molar-refractivity contribution >= 4 is 39.2 Å². The molecular weight excluding hydrogens is 456 g/mol. The van der Waals surface area contributed by atoms with Gasteiger partial charge in [0.15, 0.2) is 0 Å². The molecule has 0 atom stereocenters. The fraction of sp³-hybridized carbons (Fsp3) is 0.375. The number of carbonyl (C=O) groups is 3. The summed E-state index contributed by atoms with van der Waals surface area (Å²) < 4.78 is 28.0. The molecule has 0 saturated carbocycles. The molecule has 9 nitrogen and oxygen atoms in total. The average molecular weight is 483 g/mol. The van der Waals surface area contributed by atoms with Gasteiger partial charge in [0.05, 0.1) is 10.6 Å². The Balaban J connectivity index is 1.27. The number of hydrogen-bond donors (Lipinski definition) is 0. The second kappa shape index (κ2) is 8.52. The molecule has 0 aliphatic carbocycles. The van der Waals surface area contributed by atoms with Gasteiger partial charge in [0.25, 0.3) is 5.91 Å². The van der Waals surface area contributed by atoms with E-state index in [2.05, 4.69) is 0 Å². The van der Waals surface area contributed by atoms with E-state index in [9.17, 15) is 22.8 Å². The lowest BCUT2D eigenvalue weighted by Gasteiger charge is -2.35. The van der Waals surface area contributed by atoms with E-state index in [4.69, 9.17) is 0 Å². The number of benzene rings is 2. The van der Waals surface area contributed by atoms with E-state index in [0.717, 1.165) is 11.3 Å². The second-order valence-corrected chi connectivity index (χ2v) is 10.8. The Hall–Kier alpha value is -3.24. The maximum atomic E-state index is 13.3. The molecule has 2 aromatic carbocycles. The quantitative estimate of drug-likeness (QED) is 0.623. The number of rotatable bonds is 4. The Morgan fingerprint density at radius 2 is 1.68 bits per heavy atom. The van der Waals surface area contributed by atoms with Crippen molar-refractivity contribution in [3.63, 3.8) is 0 Å². The molecule has 0 N–H and O–H groups in total. The molecule has 3 aliphatic heterocycles. The molecule has 2 aromatic rings. The Labute approximate surface area is 198 Å². The van der Waals surface area contributed by atoms with Crippen LogP contribution < -0.4 is 9.80 Å². The fourth-order valence-electron chi connectivity index (χ4n) is 5.04. The summed E-state index contributed by atoms with van der Waals surface area (Å²) in [6, 6.07) is 13.2. The number of piperidine rings is 1. The summed E-state index contributed by atoms with van der Waals surface area (Å²) in [7, 11) is -3.70. The predicted octanol–water partition coefficient (Wildman–Crippen LogP) is 2.22. The molecule has 10 heteroatoms. The summed E-state index contributed by atoms with van der Waals surface area (Å²) in [6.45, 7) is 2.60. The van der Waals surface area contributed by atoms with E-state index in [1.807, 2.05) is 6.07 Å². The molecule has 0 radical (unpaired) electrons. The minimum atomic E-state index is -3.70. The average Bonchev–Trinajstić information content (AvgIpc) is 3.39. The van der Waals surface area contributed by atoms with Gasteiger partial charge < -0.3 is 9.80 Å². The van der Waals surface area contributed by atoms with Crippen LogP contribution in [-0.4, -0.2) is 67.7 Å². The molecule has 0 aromatic heterocycles. The lowest BCUT2D eigenvalue weighted by Crippen LogP contribution is -2.48. The first kappa shape index (κ1) is 22.5. The molecule has 3 heterocycles. The van der Waals surface area contributed by atoms with Gasteiger partial charge in [-0.25, -0.2) is 18.1 Å². The van der Waals surface area contributed by atoms with Crippen molar-refractivity contribution in [3.8, 4) is 0 Å². The highest BCUT2D eigenvalue weighted by atomic mass is 32.2. The zero-order valence-electron chi connectivity index (χ0n) is 18.9. The number of fused-ring (bicyclic) bond motifs is 1. The van der Waals surface area contributed by atoms with Crippen LogP contribution in [0.4, 0.5) is 16.2 Å². The highest BCUT2D eigenvalue weighted by Gasteiger charge is 2.42. The van der Waals surface area contributed by atoms with Gasteiger partial charge in [-0.15, -0.1) is 0 Å². The van der Waals surface area contributed by atoms with Crippen LogP contribution in [0.25, 0.3) is 0 Å². The number of para-hydroxylation sites is 1. The monoisotopic (exact) mass is 482 g/mol. The van der Waals surface area contributed by atoms with Crippen molar-refractivity contribution < 1.29 is 22.8 Å². The van der Waals surface area contributed by atoms with Crippen LogP contribution in [0.2, 0.25) is 0 Å². The van der Waals surface area contributed by atoms with Crippen LogP contribution in [0.3, 0.4) is 0 Å². The van der Waals surface area contributed by atoms with E-state index in [1.54, 1.807) is 52.3 Å². The third-order valence-electron chi connectivity index (χ3n) is 6.83. The summed E-state index contributed by atoms with van der Waals surface area (Å²) >= 11 is 0. The number of carbonyl (C=O) groups excluding carboxylic acids is 3. The molecular formula is C24H26N4O5S. The first-order chi connectivity index (χ1) is 16.3. The summed E-state index contributed by atoms with van der Waals surface area (Å²) in [6.07, 6.45) is 1.55. The zero-order valence-corrected chi connectivity index (χ0v) is 19.7. The number of anilines is 2. The van der Waals surface area contributed by atoms with Gasteiger partial charge in [-0.05, 0) is 55.2 Å². The third kappa shape index (κ3) is 3.76. The highest BCUT2D eigenvalue weighted by molar-refractivity contribution is 7.89. The van der Waals surface area contributed by atoms with Gasteiger partial charge in [-0.1, -0.05) is 18.2 Å². The lowest BCUT2D eigenvalue weighted by molar-refractivity contribution is -0.117. The van der Waals surface area contributed by atoms with Gasteiger partial charge in [-0.3, -0.25) is 9.59 Å². The topological polar surface area (TPSA) is 98.3 Å². The molecule has 0 unspecified atom stereocenters. The van der Waals surface area contributed by atoms with E-state index < -0.39 is 10.0 Å². The van der Waals surface area contributed by atoms with Gasteiger partial charge in [0, 0.05) is 38.3 Å². The summed E-state index contributed by atoms with van der Waals surface area (Å²) in [4.78, 5) is 41.9. The molecule has 0 bridgehead atoms. The van der Waals surface area contributed by atoms with Crippen LogP contribution >= 0.6 is 0 Å². The Morgan fingerprint density at radius 3 is 2.35 bits per heavy atom. The largest absolute Gasteiger partial charge is 0.332 e. The summed E-state index contributed by atoms with van der Waals surface area (Å²) in [5.74, 6) is -0.332. The minimum Gasteiger partial charge on any atom is -0.312 e. The highest BCUT2D eigenvalue weighted by Crippen LogP contribution is 2.33. The number of sulfonamides is 1. The second-order valence-electron chi connectivity index (χ2n) is 8.82. The van der Waals surface area contributed by atoms with Crippen molar-refractivity contribution in [2.75, 3.05) is 36.0 Å². The van der Waals surface area contributed by atoms with E-state index in [1.165, 1.54) is 16.1 Å². The first-order valence-corrected chi connectivity index (χ1v) is 12.8. The number of urea groups is 1. The standard InChI is InChI=1S/C24H26N4O5S/c1-17(29)26-14-9-18-15-21(7-8-22(18)26)34(32,33)25-12-10-19(11-13-25)27-16-23(30)28(24(27)31)20-5-3-2-4-6-20/h2-8,15,19H,9-14,16H2,1H3. The molecule has 2 saturated heterocycles. The number of hydrogen-bond acceptors (Lipinski definition) is 5. The van der Waals surface area contributed by atoms with Gasteiger partial charge in [0.2, 0.25) is 15.9 Å². The van der Waals surface area contributed by atoms with Gasteiger partial charge in [0.1, 0.15) is 6.54 Å². The molecule has 4 amide bonds. The predicted molar refractivity (Wildman–Crippen MR) is 126 cm³/mol. The summed E-state index contributed by atoms with van der Waals surface area (Å²) in [5.41, 5.74) is 2.17. The van der Waals surface area contributed by atoms with Crippen molar-refractivity contribution in [2.45, 2.75) is 37.1 Å². The van der Waals surface area contributed by atoms with Crippen molar-refractivity contribution in [1.29, 1.82) is 0 Å². The number of nitrogens with zero attached hydrogens (tertiary/aromatic N) is 4. The molecule has 3 aliphatic rings. The van der Waals surface area contributed by atoms with E-state index in [0.29, 0.717) is 31.5 Å². The van der Waals surface area contributed by atoms with Crippen molar-refractivity contribution in [1.82, 2.24) is 9.21 Å². The maximum Gasteiger partial charge on any atom is 0.332 e. The summed E-state index contributed by atoms with van der Waals surface area (Å²) in [5, 5.41) is 0. The molecule has 5 rings (SSSR count). The van der Waals surface area contributed by atoms with E-state index in [-0.39, 0.29) is 48.4 Å². The van der Waals surface area contributed by atoms with Crippen LogP contribution in [0, 0.1) is 0 Å². The molecule has 0 spiro atoms. The van der Waals surface area contributed by atoms with Crippen LogP contribution in [0.1, 0.15) is 25.3 Å². The van der Waals surface area contributed by atoms with Gasteiger partial charge in [-0.2, -0.15) is 4.31 Å². The fourth-order valence-corrected chi connectivity index (χ4v) is 6.57. The van der Waals surface area contributed by atoms with Crippen LogP contribution in [-0.2, 0) is 26.0 Å². The maximum absolute atomic E-state index is 13.3. The lowest BCUT2D eigenvalue weighted by atomic mass is 10.1. The SMILES string of the molecule is CC(=O)N1CCc2cc(S(=O)(=O)N3CCC(N4CC(=O)N(c5ccccc5)C4=O)CC3)ccc21. The smallest absolute Gasteiger partial charge is 0.312 e.